The van der Waals surface area contributed by atoms with E-state index in [0.29, 0.717) is 0 Å². The van der Waals surface area contributed by atoms with Crippen LogP contribution in [0.3, 0.4) is 0 Å². The average Bonchev–Trinajstić information content (AvgIpc) is 2.45. The first-order chi connectivity index (χ1) is 9.61. The van der Waals surface area contributed by atoms with Crippen LogP contribution in [0, 0.1) is 5.92 Å². The third-order valence-corrected chi connectivity index (χ3v) is 3.32. The average molecular weight is 280 g/mol. The van der Waals surface area contributed by atoms with E-state index in [1.165, 1.54) is 31.2 Å². The molecule has 1 atom stereocenters. The fourth-order valence-corrected chi connectivity index (χ4v) is 2.06. The second-order valence-corrected chi connectivity index (χ2v) is 5.78. The molecule has 0 bridgehead atoms. The highest BCUT2D eigenvalue weighted by atomic mass is 16.5. The van der Waals surface area contributed by atoms with Gasteiger partial charge in [0, 0.05) is 0 Å². The summed E-state index contributed by atoms with van der Waals surface area (Å²) in [5.41, 5.74) is 1.32. The molecule has 0 fully saturated rings. The van der Waals surface area contributed by atoms with E-state index in [9.17, 15) is 5.11 Å². The van der Waals surface area contributed by atoms with Crippen LogP contribution in [0.2, 0.25) is 0 Å². The fourth-order valence-electron chi connectivity index (χ4n) is 2.06. The molecule has 1 rings (SSSR count). The predicted octanol–water partition coefficient (Wildman–Crippen LogP) is 3.18. The van der Waals surface area contributed by atoms with E-state index in [-0.39, 0.29) is 13.2 Å². The minimum Gasteiger partial charge on any atom is -0.491 e. The third kappa shape index (κ3) is 7.51. The summed E-state index contributed by atoms with van der Waals surface area (Å²) in [4.78, 5) is 0. The normalized spacial score (nSPS) is 12.7. The minimum absolute atomic E-state index is 0.130. The van der Waals surface area contributed by atoms with Crippen molar-refractivity contribution in [2.24, 2.45) is 5.92 Å². The molecule has 0 aliphatic rings. The quantitative estimate of drug-likeness (QED) is 0.647. The molecule has 0 radical (unpaired) electrons. The fraction of sp³-hybridized carbons (Fsp3) is 0.647. The Morgan fingerprint density at radius 1 is 1.05 bits per heavy atom. The Hall–Kier alpha value is -1.06. The van der Waals surface area contributed by atoms with Crippen LogP contribution < -0.4 is 4.74 Å². The predicted molar refractivity (Wildman–Crippen MR) is 82.0 cm³/mol. The van der Waals surface area contributed by atoms with Gasteiger partial charge in [-0.1, -0.05) is 45.2 Å². The molecule has 1 unspecified atom stereocenters. The summed E-state index contributed by atoms with van der Waals surface area (Å²) >= 11 is 0. The van der Waals surface area contributed by atoms with Crippen molar-refractivity contribution in [3.63, 3.8) is 0 Å². The highest BCUT2D eigenvalue weighted by Crippen LogP contribution is 2.15. The molecule has 0 heterocycles. The minimum atomic E-state index is -0.810. The van der Waals surface area contributed by atoms with Crippen LogP contribution in [0.15, 0.2) is 24.3 Å². The van der Waals surface area contributed by atoms with E-state index < -0.39 is 6.10 Å². The number of benzene rings is 1. The van der Waals surface area contributed by atoms with Crippen LogP contribution in [0.5, 0.6) is 5.75 Å². The van der Waals surface area contributed by atoms with Crippen LogP contribution in [-0.2, 0) is 6.42 Å². The summed E-state index contributed by atoms with van der Waals surface area (Å²) in [5, 5.41) is 17.9. The summed E-state index contributed by atoms with van der Waals surface area (Å²) in [5.74, 6) is 1.54. The van der Waals surface area contributed by atoms with E-state index in [1.54, 1.807) is 0 Å². The van der Waals surface area contributed by atoms with Crippen LogP contribution >= 0.6 is 0 Å². The summed E-state index contributed by atoms with van der Waals surface area (Å²) < 4.78 is 5.37. The van der Waals surface area contributed by atoms with Gasteiger partial charge in [-0.3, -0.25) is 0 Å². The monoisotopic (exact) mass is 280 g/mol. The maximum atomic E-state index is 9.20. The summed E-state index contributed by atoms with van der Waals surface area (Å²) in [6.07, 6.45) is 5.46. The Labute approximate surface area is 122 Å². The van der Waals surface area contributed by atoms with Crippen molar-refractivity contribution in [2.45, 2.75) is 52.1 Å². The molecule has 20 heavy (non-hydrogen) atoms. The number of ether oxygens (including phenoxy) is 1. The number of rotatable bonds is 10. The highest BCUT2D eigenvalue weighted by molar-refractivity contribution is 5.27. The van der Waals surface area contributed by atoms with Crippen LogP contribution in [0.4, 0.5) is 0 Å². The Kier molecular flexibility index (Phi) is 8.31. The number of hydrogen-bond donors (Lipinski definition) is 2. The van der Waals surface area contributed by atoms with Crippen molar-refractivity contribution in [2.75, 3.05) is 13.2 Å². The number of unbranched alkanes of at least 4 members (excludes halogenated alkanes) is 2. The van der Waals surface area contributed by atoms with Crippen molar-refractivity contribution in [3.05, 3.63) is 29.8 Å². The van der Waals surface area contributed by atoms with Crippen LogP contribution in [0.25, 0.3) is 0 Å². The van der Waals surface area contributed by atoms with E-state index in [2.05, 4.69) is 26.0 Å². The second kappa shape index (κ2) is 9.78. The lowest BCUT2D eigenvalue weighted by molar-refractivity contribution is 0.0536. The smallest absolute Gasteiger partial charge is 0.119 e. The lowest BCUT2D eigenvalue weighted by Crippen LogP contribution is -2.21. The Bertz CT molecular complexity index is 346. The highest BCUT2D eigenvalue weighted by Gasteiger charge is 2.03. The van der Waals surface area contributed by atoms with Crippen LogP contribution in [0.1, 0.15) is 45.1 Å². The van der Waals surface area contributed by atoms with Gasteiger partial charge in [-0.05, 0) is 36.5 Å². The van der Waals surface area contributed by atoms with Gasteiger partial charge in [0.05, 0.1) is 6.61 Å². The first-order valence-corrected chi connectivity index (χ1v) is 7.62. The zero-order valence-corrected chi connectivity index (χ0v) is 12.7. The molecule has 0 aliphatic heterocycles. The third-order valence-electron chi connectivity index (χ3n) is 3.32. The van der Waals surface area contributed by atoms with E-state index in [1.807, 2.05) is 12.1 Å². The van der Waals surface area contributed by atoms with Gasteiger partial charge in [0.2, 0.25) is 0 Å². The van der Waals surface area contributed by atoms with Crippen molar-refractivity contribution in [1.82, 2.24) is 0 Å². The topological polar surface area (TPSA) is 49.7 Å². The first-order valence-electron chi connectivity index (χ1n) is 7.62. The molecule has 114 valence electrons. The second-order valence-electron chi connectivity index (χ2n) is 5.78. The molecule has 0 aromatic heterocycles. The molecule has 1 aromatic rings. The Balaban J connectivity index is 2.21. The van der Waals surface area contributed by atoms with Crippen LogP contribution in [-0.4, -0.2) is 29.5 Å². The molecule has 1 aromatic carbocycles. The molecule has 0 saturated carbocycles. The Morgan fingerprint density at radius 3 is 2.35 bits per heavy atom. The van der Waals surface area contributed by atoms with Crippen molar-refractivity contribution in [1.29, 1.82) is 0 Å². The Morgan fingerprint density at radius 2 is 1.75 bits per heavy atom. The SMILES string of the molecule is CC(C)CCCCCc1ccc(OCC(O)CO)cc1. The van der Waals surface area contributed by atoms with Gasteiger partial charge >= 0.3 is 0 Å². The van der Waals surface area contributed by atoms with Crippen molar-refractivity contribution in [3.8, 4) is 5.75 Å². The maximum Gasteiger partial charge on any atom is 0.119 e. The molecule has 0 amide bonds. The van der Waals surface area contributed by atoms with Gasteiger partial charge in [0.1, 0.15) is 18.5 Å². The van der Waals surface area contributed by atoms with Crippen molar-refractivity contribution >= 4 is 0 Å². The number of aliphatic hydroxyl groups excluding tert-OH is 2. The summed E-state index contributed by atoms with van der Waals surface area (Å²) in [7, 11) is 0. The summed E-state index contributed by atoms with van der Waals surface area (Å²) in [6, 6.07) is 7.99. The number of aryl methyl sites for hydroxylation is 1. The maximum absolute atomic E-state index is 9.20. The number of aliphatic hydroxyl groups is 2. The van der Waals surface area contributed by atoms with Gasteiger partial charge < -0.3 is 14.9 Å². The lowest BCUT2D eigenvalue weighted by atomic mass is 10.0. The van der Waals surface area contributed by atoms with Gasteiger partial charge in [0.25, 0.3) is 0 Å². The lowest BCUT2D eigenvalue weighted by Gasteiger charge is -2.10. The molecule has 0 saturated heterocycles. The van der Waals surface area contributed by atoms with Gasteiger partial charge in [-0.25, -0.2) is 0 Å². The molecule has 0 aliphatic carbocycles. The molecular formula is C17H28O3. The van der Waals surface area contributed by atoms with E-state index in [4.69, 9.17) is 9.84 Å². The number of hydrogen-bond acceptors (Lipinski definition) is 3. The van der Waals surface area contributed by atoms with Gasteiger partial charge in [0.15, 0.2) is 0 Å². The van der Waals surface area contributed by atoms with E-state index >= 15 is 0 Å². The molecular weight excluding hydrogens is 252 g/mol. The molecule has 3 heteroatoms. The zero-order valence-electron chi connectivity index (χ0n) is 12.7. The molecule has 2 N–H and O–H groups in total. The van der Waals surface area contributed by atoms with Gasteiger partial charge in [-0.2, -0.15) is 0 Å². The molecule has 0 spiro atoms. The van der Waals surface area contributed by atoms with E-state index in [0.717, 1.165) is 18.1 Å². The largest absolute Gasteiger partial charge is 0.491 e. The van der Waals surface area contributed by atoms with Crippen molar-refractivity contribution < 1.29 is 14.9 Å². The van der Waals surface area contributed by atoms with Gasteiger partial charge in [-0.15, -0.1) is 0 Å². The summed E-state index contributed by atoms with van der Waals surface area (Å²) in [6.45, 7) is 4.40. The molecule has 3 nitrogen and oxygen atoms in total. The standard InChI is InChI=1S/C17H28O3/c1-14(2)6-4-3-5-7-15-8-10-17(11-9-15)20-13-16(19)12-18/h8-11,14,16,18-19H,3-7,12-13H2,1-2H3. The zero-order chi connectivity index (χ0) is 14.8. The first kappa shape index (κ1) is 17.0.